The fourth-order valence-corrected chi connectivity index (χ4v) is 6.83. The van der Waals surface area contributed by atoms with Gasteiger partial charge in [0.25, 0.3) is 11.5 Å². The number of carbonyl (C=O) groups is 1. The van der Waals surface area contributed by atoms with E-state index in [1.807, 2.05) is 13.0 Å². The summed E-state index contributed by atoms with van der Waals surface area (Å²) in [6, 6.07) is 8.57. The van der Waals surface area contributed by atoms with Crippen LogP contribution in [0.5, 0.6) is 0 Å². The standard InChI is InChI=1S/C31H38FN5O2S2/c1-5-8-9-22(6-2)20-37-30(39)27(41-31(37)40)18-25-21(4)26(19-33)29(38)36(7-3)28(25)35-16-14-34(15-17-35)24-12-10-23(32)11-13-24/h10-13,18,22H,5-9,14-17,20H2,1-4H3. The van der Waals surface area contributed by atoms with Gasteiger partial charge in [0.1, 0.15) is 27.6 Å². The maximum absolute atomic E-state index is 13.6. The van der Waals surface area contributed by atoms with Gasteiger partial charge in [0, 0.05) is 50.5 Å². The number of amides is 1. The number of anilines is 2. The molecule has 1 unspecified atom stereocenters. The first-order valence-corrected chi connectivity index (χ1v) is 15.6. The largest absolute Gasteiger partial charge is 0.368 e. The minimum Gasteiger partial charge on any atom is -0.368 e. The molecule has 10 heteroatoms. The number of piperazine rings is 1. The summed E-state index contributed by atoms with van der Waals surface area (Å²) < 4.78 is 15.6. The maximum Gasteiger partial charge on any atom is 0.270 e. The lowest BCUT2D eigenvalue weighted by Gasteiger charge is -2.39. The van der Waals surface area contributed by atoms with Crippen molar-refractivity contribution in [3.63, 3.8) is 0 Å². The van der Waals surface area contributed by atoms with Gasteiger partial charge in [0.2, 0.25) is 0 Å². The third kappa shape index (κ3) is 6.52. The normalized spacial score (nSPS) is 17.5. The first kappa shape index (κ1) is 30.8. The Morgan fingerprint density at radius 1 is 1.10 bits per heavy atom. The van der Waals surface area contributed by atoms with Crippen molar-refractivity contribution in [2.75, 3.05) is 42.5 Å². The highest BCUT2D eigenvalue weighted by Crippen LogP contribution is 2.37. The Hall–Kier alpha value is -3.16. The Kier molecular flexibility index (Phi) is 10.3. The second-order valence-corrected chi connectivity index (χ2v) is 12.2. The summed E-state index contributed by atoms with van der Waals surface area (Å²) in [5.74, 6) is 0.717. The van der Waals surface area contributed by atoms with Gasteiger partial charge in [-0.1, -0.05) is 57.1 Å². The van der Waals surface area contributed by atoms with Crippen molar-refractivity contribution in [3.05, 3.63) is 62.0 Å². The predicted octanol–water partition coefficient (Wildman–Crippen LogP) is 5.93. The molecular formula is C31H38FN5O2S2. The highest BCUT2D eigenvalue weighted by atomic mass is 32.2. The van der Waals surface area contributed by atoms with Crippen LogP contribution in [0.1, 0.15) is 63.1 Å². The predicted molar refractivity (Wildman–Crippen MR) is 170 cm³/mol. The molecule has 0 spiro atoms. The lowest BCUT2D eigenvalue weighted by atomic mass is 9.99. The molecule has 4 rings (SSSR count). The Balaban J connectivity index is 1.69. The van der Waals surface area contributed by atoms with Crippen LogP contribution in [0.3, 0.4) is 0 Å². The van der Waals surface area contributed by atoms with Gasteiger partial charge in [-0.05, 0) is 62.1 Å². The zero-order valence-corrected chi connectivity index (χ0v) is 25.9. The van der Waals surface area contributed by atoms with Gasteiger partial charge in [-0.2, -0.15) is 5.26 Å². The summed E-state index contributed by atoms with van der Waals surface area (Å²) in [6.07, 6.45) is 6.11. The van der Waals surface area contributed by atoms with Crippen molar-refractivity contribution in [2.24, 2.45) is 5.92 Å². The summed E-state index contributed by atoms with van der Waals surface area (Å²) in [5, 5.41) is 9.89. The number of hydrogen-bond acceptors (Lipinski definition) is 7. The second kappa shape index (κ2) is 13.7. The fraction of sp³-hybridized carbons (Fsp3) is 0.484. The molecule has 0 saturated carbocycles. The Morgan fingerprint density at radius 3 is 2.34 bits per heavy atom. The Morgan fingerprint density at radius 2 is 1.76 bits per heavy atom. The van der Waals surface area contributed by atoms with E-state index in [4.69, 9.17) is 12.2 Å². The smallest absolute Gasteiger partial charge is 0.270 e. The van der Waals surface area contributed by atoms with E-state index in [1.165, 1.54) is 23.9 Å². The number of hydrogen-bond donors (Lipinski definition) is 0. The molecular weight excluding hydrogens is 558 g/mol. The van der Waals surface area contributed by atoms with Gasteiger partial charge in [0.05, 0.1) is 4.91 Å². The van der Waals surface area contributed by atoms with Gasteiger partial charge >= 0.3 is 0 Å². The highest BCUT2D eigenvalue weighted by Gasteiger charge is 2.34. The SMILES string of the molecule is CCCCC(CC)CN1C(=O)C(=Cc2c(C)c(C#N)c(=O)n(CC)c2N2CCN(c3ccc(F)cc3)CC2)SC1=S. The molecule has 1 aromatic heterocycles. The molecule has 0 radical (unpaired) electrons. The van der Waals surface area contributed by atoms with Crippen LogP contribution in [-0.2, 0) is 11.3 Å². The number of aromatic nitrogens is 1. The van der Waals surface area contributed by atoms with E-state index in [-0.39, 0.29) is 22.8 Å². The molecule has 3 heterocycles. The Labute approximate surface area is 251 Å². The lowest BCUT2D eigenvalue weighted by Crippen LogP contribution is -2.48. The third-order valence-corrected chi connectivity index (χ3v) is 9.44. The molecule has 1 aromatic carbocycles. The van der Waals surface area contributed by atoms with Crippen LogP contribution in [0.4, 0.5) is 15.9 Å². The second-order valence-electron chi connectivity index (χ2n) is 10.6. The van der Waals surface area contributed by atoms with Gasteiger partial charge in [-0.15, -0.1) is 0 Å². The van der Waals surface area contributed by atoms with Crippen molar-refractivity contribution >= 4 is 51.8 Å². The van der Waals surface area contributed by atoms with Crippen LogP contribution in [0.2, 0.25) is 0 Å². The summed E-state index contributed by atoms with van der Waals surface area (Å²) in [4.78, 5) is 33.6. The number of thiocarbonyl (C=S) groups is 1. The molecule has 41 heavy (non-hydrogen) atoms. The monoisotopic (exact) mass is 595 g/mol. The van der Waals surface area contributed by atoms with Crippen molar-refractivity contribution in [1.29, 1.82) is 5.26 Å². The Bertz CT molecular complexity index is 1420. The summed E-state index contributed by atoms with van der Waals surface area (Å²) in [6.45, 7) is 11.6. The van der Waals surface area contributed by atoms with E-state index in [2.05, 4.69) is 29.7 Å². The zero-order chi connectivity index (χ0) is 29.7. The number of thioether (sulfide) groups is 1. The molecule has 0 bridgehead atoms. The number of benzene rings is 1. The number of nitriles is 1. The summed E-state index contributed by atoms with van der Waals surface area (Å²) >= 11 is 6.93. The zero-order valence-electron chi connectivity index (χ0n) is 24.3. The van der Waals surface area contributed by atoms with E-state index in [1.54, 1.807) is 28.5 Å². The minimum absolute atomic E-state index is 0.0906. The molecule has 218 valence electrons. The number of halogens is 1. The highest BCUT2D eigenvalue weighted by molar-refractivity contribution is 8.26. The van der Waals surface area contributed by atoms with Crippen molar-refractivity contribution in [3.8, 4) is 6.07 Å². The first-order chi connectivity index (χ1) is 19.7. The number of rotatable bonds is 10. The minimum atomic E-state index is -0.324. The molecule has 2 aliphatic rings. The molecule has 7 nitrogen and oxygen atoms in total. The van der Waals surface area contributed by atoms with E-state index >= 15 is 0 Å². The van der Waals surface area contributed by atoms with E-state index in [0.29, 0.717) is 71.4 Å². The quantitative estimate of drug-likeness (QED) is 0.249. The van der Waals surface area contributed by atoms with Crippen LogP contribution in [0.25, 0.3) is 6.08 Å². The number of pyridine rings is 1. The van der Waals surface area contributed by atoms with Gasteiger partial charge < -0.3 is 9.80 Å². The van der Waals surface area contributed by atoms with Crippen molar-refractivity contribution in [1.82, 2.24) is 9.47 Å². The van der Waals surface area contributed by atoms with Gasteiger partial charge in [0.15, 0.2) is 0 Å². The molecule has 1 atom stereocenters. The molecule has 1 amide bonds. The third-order valence-electron chi connectivity index (χ3n) is 8.07. The van der Waals surface area contributed by atoms with Crippen LogP contribution >= 0.6 is 24.0 Å². The number of carbonyl (C=O) groups excluding carboxylic acids is 1. The van der Waals surface area contributed by atoms with Crippen molar-refractivity contribution < 1.29 is 9.18 Å². The van der Waals surface area contributed by atoms with E-state index in [9.17, 15) is 19.2 Å². The van der Waals surface area contributed by atoms with E-state index in [0.717, 1.165) is 31.4 Å². The van der Waals surface area contributed by atoms with Gasteiger partial charge in [-0.25, -0.2) is 4.39 Å². The van der Waals surface area contributed by atoms with Crippen LogP contribution < -0.4 is 15.4 Å². The lowest BCUT2D eigenvalue weighted by molar-refractivity contribution is -0.122. The number of unbranched alkanes of at least 4 members (excludes halogenated alkanes) is 1. The molecule has 0 aliphatic carbocycles. The molecule has 2 fully saturated rings. The average molecular weight is 596 g/mol. The fourth-order valence-electron chi connectivity index (χ4n) is 5.57. The molecule has 2 aromatic rings. The van der Waals surface area contributed by atoms with Gasteiger partial charge in [-0.3, -0.25) is 19.1 Å². The van der Waals surface area contributed by atoms with Crippen LogP contribution in [-0.4, -0.2) is 52.4 Å². The molecule has 0 N–H and O–H groups in total. The number of nitrogens with zero attached hydrogens (tertiary/aromatic N) is 5. The topological polar surface area (TPSA) is 72.6 Å². The van der Waals surface area contributed by atoms with Crippen LogP contribution in [0, 0.1) is 30.0 Å². The van der Waals surface area contributed by atoms with Crippen LogP contribution in [0.15, 0.2) is 34.0 Å². The molecule has 2 aliphatic heterocycles. The maximum atomic E-state index is 13.6. The average Bonchev–Trinajstić information content (AvgIpc) is 3.24. The van der Waals surface area contributed by atoms with Crippen molar-refractivity contribution in [2.45, 2.75) is 59.9 Å². The summed E-state index contributed by atoms with van der Waals surface area (Å²) in [5.41, 5.74) is 1.99. The molecule has 2 saturated heterocycles. The first-order valence-electron chi connectivity index (χ1n) is 14.4. The summed E-state index contributed by atoms with van der Waals surface area (Å²) in [7, 11) is 0. The van der Waals surface area contributed by atoms with E-state index < -0.39 is 0 Å².